The van der Waals surface area contributed by atoms with Crippen LogP contribution in [-0.2, 0) is 4.79 Å². The van der Waals surface area contributed by atoms with Crippen molar-refractivity contribution in [2.45, 2.75) is 26.3 Å². The van der Waals surface area contributed by atoms with Gasteiger partial charge in [0.2, 0.25) is 5.91 Å². The fourth-order valence-electron chi connectivity index (χ4n) is 2.11. The van der Waals surface area contributed by atoms with Crippen molar-refractivity contribution in [3.63, 3.8) is 0 Å². The van der Waals surface area contributed by atoms with E-state index in [0.29, 0.717) is 16.9 Å². The number of hydrogen-bond acceptors (Lipinski definition) is 3. The minimum Gasteiger partial charge on any atom is -0.376 e. The Balaban J connectivity index is 1.86. The molecular weight excluding hydrogens is 357 g/mol. The molecule has 0 saturated carbocycles. The number of hydrogen-bond donors (Lipinski definition) is 3. The molecular formula is C19H21ClFN3O2. The van der Waals surface area contributed by atoms with E-state index in [4.69, 9.17) is 11.6 Å². The van der Waals surface area contributed by atoms with Gasteiger partial charge in [0.25, 0.3) is 5.91 Å². The summed E-state index contributed by atoms with van der Waals surface area (Å²) in [4.78, 5) is 23.9. The van der Waals surface area contributed by atoms with Crippen LogP contribution in [0.15, 0.2) is 42.5 Å². The van der Waals surface area contributed by atoms with E-state index in [2.05, 4.69) is 16.0 Å². The first-order valence-corrected chi connectivity index (χ1v) is 8.66. The Morgan fingerprint density at radius 1 is 1.12 bits per heavy atom. The molecule has 2 rings (SSSR count). The maximum Gasteiger partial charge on any atom is 0.251 e. The minimum absolute atomic E-state index is 0.0212. The molecule has 0 aliphatic heterocycles. The highest BCUT2D eigenvalue weighted by atomic mass is 35.5. The van der Waals surface area contributed by atoms with E-state index >= 15 is 0 Å². The molecule has 2 amide bonds. The lowest BCUT2D eigenvalue weighted by atomic mass is 10.1. The summed E-state index contributed by atoms with van der Waals surface area (Å²) in [5.41, 5.74) is 1.68. The van der Waals surface area contributed by atoms with Crippen molar-refractivity contribution in [2.24, 2.45) is 0 Å². The van der Waals surface area contributed by atoms with Gasteiger partial charge in [-0.25, -0.2) is 4.39 Å². The Labute approximate surface area is 156 Å². The van der Waals surface area contributed by atoms with Crippen molar-refractivity contribution < 1.29 is 14.0 Å². The Hall–Kier alpha value is -2.60. The first-order valence-electron chi connectivity index (χ1n) is 8.28. The maximum atomic E-state index is 13.1. The van der Waals surface area contributed by atoms with Gasteiger partial charge in [-0.15, -0.1) is 0 Å². The molecule has 0 saturated heterocycles. The molecule has 0 bridgehead atoms. The first-order chi connectivity index (χ1) is 12.4. The van der Waals surface area contributed by atoms with Crippen LogP contribution in [-0.4, -0.2) is 24.4 Å². The van der Waals surface area contributed by atoms with E-state index in [1.54, 1.807) is 24.3 Å². The standard InChI is InChI=1S/C19H21ClFN3O2/c1-3-12(2)23-19(26)13-4-6-14(7-5-13)22-11-18(25)24-15-8-9-17(21)16(20)10-15/h4-10,12,22H,3,11H2,1-2H3,(H,23,26)(H,24,25). The minimum atomic E-state index is -0.541. The lowest BCUT2D eigenvalue weighted by Gasteiger charge is -2.12. The summed E-state index contributed by atoms with van der Waals surface area (Å²) in [5.74, 6) is -0.969. The van der Waals surface area contributed by atoms with Crippen LogP contribution in [0.3, 0.4) is 0 Å². The van der Waals surface area contributed by atoms with Gasteiger partial charge >= 0.3 is 0 Å². The zero-order valence-corrected chi connectivity index (χ0v) is 15.4. The lowest BCUT2D eigenvalue weighted by Crippen LogP contribution is -2.31. The van der Waals surface area contributed by atoms with E-state index < -0.39 is 5.82 Å². The van der Waals surface area contributed by atoms with Crippen LogP contribution in [0.2, 0.25) is 5.02 Å². The zero-order valence-electron chi connectivity index (χ0n) is 14.6. The summed E-state index contributed by atoms with van der Waals surface area (Å²) >= 11 is 5.68. The molecule has 0 aliphatic rings. The van der Waals surface area contributed by atoms with E-state index in [0.717, 1.165) is 6.42 Å². The van der Waals surface area contributed by atoms with Crippen LogP contribution < -0.4 is 16.0 Å². The molecule has 138 valence electrons. The van der Waals surface area contributed by atoms with Crippen molar-refractivity contribution in [3.8, 4) is 0 Å². The predicted molar refractivity (Wildman–Crippen MR) is 102 cm³/mol. The number of anilines is 2. The van der Waals surface area contributed by atoms with Crippen LogP contribution in [0, 0.1) is 5.82 Å². The highest BCUT2D eigenvalue weighted by molar-refractivity contribution is 6.31. The van der Waals surface area contributed by atoms with Gasteiger partial charge in [0.15, 0.2) is 0 Å². The molecule has 0 aromatic heterocycles. The number of amides is 2. The van der Waals surface area contributed by atoms with Gasteiger partial charge in [-0.05, 0) is 55.8 Å². The van der Waals surface area contributed by atoms with E-state index in [1.807, 2.05) is 13.8 Å². The molecule has 1 atom stereocenters. The molecule has 0 radical (unpaired) electrons. The normalized spacial score (nSPS) is 11.5. The van der Waals surface area contributed by atoms with E-state index in [1.165, 1.54) is 18.2 Å². The molecule has 0 aliphatic carbocycles. The fourth-order valence-corrected chi connectivity index (χ4v) is 2.29. The Morgan fingerprint density at radius 3 is 2.38 bits per heavy atom. The van der Waals surface area contributed by atoms with Crippen molar-refractivity contribution >= 4 is 34.8 Å². The predicted octanol–water partition coefficient (Wildman–Crippen LogP) is 4.06. The third kappa shape index (κ3) is 5.74. The molecule has 1 unspecified atom stereocenters. The van der Waals surface area contributed by atoms with Crippen molar-refractivity contribution in [3.05, 3.63) is 58.9 Å². The summed E-state index contributed by atoms with van der Waals surface area (Å²) in [6.45, 7) is 3.97. The molecule has 5 nitrogen and oxygen atoms in total. The van der Waals surface area contributed by atoms with Crippen molar-refractivity contribution in [1.29, 1.82) is 0 Å². The van der Waals surface area contributed by atoms with Gasteiger partial charge in [-0.3, -0.25) is 9.59 Å². The summed E-state index contributed by atoms with van der Waals surface area (Å²) < 4.78 is 13.1. The third-order valence-corrected chi connectivity index (χ3v) is 4.08. The van der Waals surface area contributed by atoms with Gasteiger partial charge in [0.1, 0.15) is 5.82 Å². The number of carbonyl (C=O) groups excluding carboxylic acids is 2. The summed E-state index contributed by atoms with van der Waals surface area (Å²) in [5, 5.41) is 8.42. The lowest BCUT2D eigenvalue weighted by molar-refractivity contribution is -0.114. The number of benzene rings is 2. The second kappa shape index (κ2) is 9.20. The van der Waals surface area contributed by atoms with Gasteiger partial charge in [0, 0.05) is 23.0 Å². The molecule has 7 heteroatoms. The quantitative estimate of drug-likeness (QED) is 0.681. The van der Waals surface area contributed by atoms with Gasteiger partial charge in [0.05, 0.1) is 11.6 Å². The molecule has 0 fully saturated rings. The molecule has 2 aromatic carbocycles. The Kier molecular flexibility index (Phi) is 6.97. The molecule has 3 N–H and O–H groups in total. The van der Waals surface area contributed by atoms with Crippen molar-refractivity contribution in [1.82, 2.24) is 5.32 Å². The van der Waals surface area contributed by atoms with Gasteiger partial charge in [-0.1, -0.05) is 18.5 Å². The largest absolute Gasteiger partial charge is 0.376 e. The second-order valence-corrected chi connectivity index (χ2v) is 6.30. The number of nitrogens with one attached hydrogen (secondary N) is 3. The van der Waals surface area contributed by atoms with Crippen LogP contribution in [0.1, 0.15) is 30.6 Å². The van der Waals surface area contributed by atoms with Crippen LogP contribution >= 0.6 is 11.6 Å². The number of halogens is 2. The SMILES string of the molecule is CCC(C)NC(=O)c1ccc(NCC(=O)Nc2ccc(F)c(Cl)c2)cc1. The monoisotopic (exact) mass is 377 g/mol. The molecule has 0 heterocycles. The maximum absolute atomic E-state index is 13.1. The Morgan fingerprint density at radius 2 is 1.77 bits per heavy atom. The number of rotatable bonds is 7. The van der Waals surface area contributed by atoms with Crippen LogP contribution in [0.4, 0.5) is 15.8 Å². The van der Waals surface area contributed by atoms with Crippen molar-refractivity contribution in [2.75, 3.05) is 17.2 Å². The highest BCUT2D eigenvalue weighted by Gasteiger charge is 2.09. The van der Waals surface area contributed by atoms with Gasteiger partial charge < -0.3 is 16.0 Å². The molecule has 0 spiro atoms. The van der Waals surface area contributed by atoms with Crippen LogP contribution in [0.25, 0.3) is 0 Å². The van der Waals surface area contributed by atoms with E-state index in [9.17, 15) is 14.0 Å². The Bertz CT molecular complexity index is 781. The average molecular weight is 378 g/mol. The van der Waals surface area contributed by atoms with Crippen LogP contribution in [0.5, 0.6) is 0 Å². The average Bonchev–Trinajstić information content (AvgIpc) is 2.63. The first kappa shape index (κ1) is 19.7. The zero-order chi connectivity index (χ0) is 19.1. The van der Waals surface area contributed by atoms with E-state index in [-0.39, 0.29) is 29.4 Å². The smallest absolute Gasteiger partial charge is 0.251 e. The third-order valence-electron chi connectivity index (χ3n) is 3.79. The number of carbonyl (C=O) groups is 2. The summed E-state index contributed by atoms with van der Waals surface area (Å²) in [6, 6.07) is 10.9. The highest BCUT2D eigenvalue weighted by Crippen LogP contribution is 2.19. The summed E-state index contributed by atoms with van der Waals surface area (Å²) in [6.07, 6.45) is 0.861. The topological polar surface area (TPSA) is 70.2 Å². The second-order valence-electron chi connectivity index (χ2n) is 5.89. The molecule has 26 heavy (non-hydrogen) atoms. The fraction of sp³-hybridized carbons (Fsp3) is 0.263. The summed E-state index contributed by atoms with van der Waals surface area (Å²) in [7, 11) is 0. The molecule has 2 aromatic rings. The van der Waals surface area contributed by atoms with Gasteiger partial charge in [-0.2, -0.15) is 0 Å².